The predicted octanol–water partition coefficient (Wildman–Crippen LogP) is 10.2. The van der Waals surface area contributed by atoms with Gasteiger partial charge in [0, 0.05) is 31.6 Å². The molecular weight excluding hydrogens is 604 g/mol. The van der Waals surface area contributed by atoms with Crippen LogP contribution >= 0.6 is 0 Å². The molecule has 5 heteroatoms. The van der Waals surface area contributed by atoms with Crippen molar-refractivity contribution >= 4 is 17.4 Å². The molecule has 0 bridgehead atoms. The van der Waals surface area contributed by atoms with Gasteiger partial charge < -0.3 is 15.3 Å². The third kappa shape index (κ3) is 6.60. The molecule has 6 rings (SSSR count). The molecule has 2 unspecified atom stereocenters. The number of carboxylic acid groups (broad SMARTS) is 1. The molecular formula is C44H66N2O3. The maximum absolute atomic E-state index is 13.2. The monoisotopic (exact) mass is 671 g/mol. The summed E-state index contributed by atoms with van der Waals surface area (Å²) < 4.78 is 0. The number of nitrogens with zero attached hydrogens (tertiary/aromatic N) is 1. The molecule has 2 N–H and O–H groups in total. The Labute approximate surface area is 297 Å². The quantitative estimate of drug-likeness (QED) is 0.283. The zero-order chi connectivity index (χ0) is 35.2. The molecule has 270 valence electrons. The van der Waals surface area contributed by atoms with Crippen molar-refractivity contribution in [3.8, 4) is 0 Å². The smallest absolute Gasteiger partial charge is 0.335 e. The highest BCUT2D eigenvalue weighted by molar-refractivity contribution is 5.88. The molecule has 8 atom stereocenters. The predicted molar refractivity (Wildman–Crippen MR) is 201 cm³/mol. The van der Waals surface area contributed by atoms with Gasteiger partial charge in [-0.05, 0) is 153 Å². The van der Waals surface area contributed by atoms with Crippen molar-refractivity contribution in [2.75, 3.05) is 19.6 Å². The zero-order valence-corrected chi connectivity index (χ0v) is 31.7. The first-order chi connectivity index (χ1) is 23.2. The van der Waals surface area contributed by atoms with Gasteiger partial charge in [-0.2, -0.15) is 0 Å². The van der Waals surface area contributed by atoms with Gasteiger partial charge in [0.2, 0.25) is 5.91 Å². The van der Waals surface area contributed by atoms with Crippen molar-refractivity contribution in [1.29, 1.82) is 0 Å². The fourth-order valence-corrected chi connectivity index (χ4v) is 12.7. The van der Waals surface area contributed by atoms with Crippen LogP contribution in [0, 0.1) is 45.8 Å². The summed E-state index contributed by atoms with van der Waals surface area (Å²) in [7, 11) is 0. The summed E-state index contributed by atoms with van der Waals surface area (Å²) in [6, 6.07) is 7.60. The van der Waals surface area contributed by atoms with E-state index in [2.05, 4.69) is 64.4 Å². The zero-order valence-electron chi connectivity index (χ0n) is 31.7. The van der Waals surface area contributed by atoms with Crippen molar-refractivity contribution in [2.24, 2.45) is 45.8 Å². The van der Waals surface area contributed by atoms with Gasteiger partial charge in [0.05, 0.1) is 5.56 Å². The highest BCUT2D eigenvalue weighted by Crippen LogP contribution is 2.68. The summed E-state index contributed by atoms with van der Waals surface area (Å²) in [5.74, 6) is 2.50. The minimum Gasteiger partial charge on any atom is -0.478 e. The molecule has 0 radical (unpaired) electrons. The Bertz CT molecular complexity index is 1420. The van der Waals surface area contributed by atoms with E-state index in [-0.39, 0.29) is 16.4 Å². The summed E-state index contributed by atoms with van der Waals surface area (Å²) in [6.45, 7) is 22.2. The third-order valence-electron chi connectivity index (χ3n) is 15.5. The lowest BCUT2D eigenvalue weighted by molar-refractivity contribution is -0.132. The van der Waals surface area contributed by atoms with E-state index in [0.29, 0.717) is 52.9 Å². The van der Waals surface area contributed by atoms with Gasteiger partial charge in [-0.15, -0.1) is 0 Å². The molecule has 49 heavy (non-hydrogen) atoms. The first-order valence-electron chi connectivity index (χ1n) is 20.0. The minimum absolute atomic E-state index is 0.0127. The van der Waals surface area contributed by atoms with E-state index in [1.165, 1.54) is 80.9 Å². The Kier molecular flexibility index (Phi) is 10.4. The molecule has 1 amide bonds. The largest absolute Gasteiger partial charge is 0.478 e. The summed E-state index contributed by atoms with van der Waals surface area (Å²) in [5, 5.41) is 13.6. The summed E-state index contributed by atoms with van der Waals surface area (Å²) in [4.78, 5) is 26.8. The standard InChI is InChI=1S/C44H66N2O3/c1-30(2)34-19-26-44(45-27-22-39(47)46-28-9-8-10-29-46)25-18-31(3)42(6)24-21-37-41(4,5)35(32-14-16-33(17-15-32)40(48)49)20-23-43(37,7)38(42)13-11-12-36(34)44/h14-17,20,31,34,36-38,45H,1,8-13,18-19,21-29H2,2-7H3,(H,48,49)/t31-,34+,36+,37?,38+,42+,43+,44?/m1/s1. The van der Waals surface area contributed by atoms with E-state index >= 15 is 0 Å². The van der Waals surface area contributed by atoms with Crippen molar-refractivity contribution in [1.82, 2.24) is 10.2 Å². The van der Waals surface area contributed by atoms with Gasteiger partial charge in [-0.1, -0.05) is 71.4 Å². The first kappa shape index (κ1) is 36.4. The number of amides is 1. The average molecular weight is 671 g/mol. The van der Waals surface area contributed by atoms with Crippen molar-refractivity contribution in [3.05, 3.63) is 53.6 Å². The Morgan fingerprint density at radius 1 is 0.878 bits per heavy atom. The van der Waals surface area contributed by atoms with Gasteiger partial charge >= 0.3 is 5.97 Å². The number of benzene rings is 1. The number of carbonyl (C=O) groups is 2. The Morgan fingerprint density at radius 2 is 1.57 bits per heavy atom. The SMILES string of the molecule is C=C(C)[C@@H]1CCC2(NCCC(=O)N3CCCCC3)CC[C@@H](C)[C@]3(C)CCC4C(C)(C)C(c5ccc(C(=O)O)cc5)=CC[C@]4(C)[C@H]3CCC[C@@H]12. The number of hydrogen-bond donors (Lipinski definition) is 2. The van der Waals surface area contributed by atoms with E-state index in [4.69, 9.17) is 0 Å². The van der Waals surface area contributed by atoms with Gasteiger partial charge in [0.1, 0.15) is 0 Å². The van der Waals surface area contributed by atoms with Crippen molar-refractivity contribution in [3.63, 3.8) is 0 Å². The summed E-state index contributed by atoms with van der Waals surface area (Å²) >= 11 is 0. The van der Waals surface area contributed by atoms with Crippen LogP contribution in [0.3, 0.4) is 0 Å². The topological polar surface area (TPSA) is 69.6 Å². The van der Waals surface area contributed by atoms with Crippen LogP contribution in [0.25, 0.3) is 5.57 Å². The van der Waals surface area contributed by atoms with Gasteiger partial charge in [0.25, 0.3) is 0 Å². The molecule has 5 nitrogen and oxygen atoms in total. The van der Waals surface area contributed by atoms with Crippen LogP contribution in [0.15, 0.2) is 42.5 Å². The molecule has 0 spiro atoms. The summed E-state index contributed by atoms with van der Waals surface area (Å²) in [5.41, 5.74) is 4.91. The lowest BCUT2D eigenvalue weighted by atomic mass is 9.40. The molecule has 1 aliphatic heterocycles. The van der Waals surface area contributed by atoms with Gasteiger partial charge in [-0.3, -0.25) is 4.79 Å². The number of aromatic carboxylic acids is 1. The van der Waals surface area contributed by atoms with Gasteiger partial charge in [-0.25, -0.2) is 4.79 Å². The Hall–Kier alpha value is -2.40. The molecule has 1 saturated heterocycles. The Morgan fingerprint density at radius 3 is 2.24 bits per heavy atom. The van der Waals surface area contributed by atoms with E-state index in [1.807, 2.05) is 12.1 Å². The molecule has 5 aliphatic rings. The second-order valence-electron chi connectivity index (χ2n) is 18.3. The molecule has 4 aliphatic carbocycles. The van der Waals surface area contributed by atoms with Crippen LogP contribution in [0.4, 0.5) is 0 Å². The minimum atomic E-state index is -0.865. The van der Waals surface area contributed by atoms with Gasteiger partial charge in [0.15, 0.2) is 0 Å². The number of fused-ring (bicyclic) bond motifs is 4. The maximum Gasteiger partial charge on any atom is 0.335 e. The van der Waals surface area contributed by atoms with Crippen molar-refractivity contribution < 1.29 is 14.7 Å². The molecule has 1 aromatic carbocycles. The van der Waals surface area contributed by atoms with Crippen LogP contribution in [-0.4, -0.2) is 47.1 Å². The van der Waals surface area contributed by atoms with E-state index in [1.54, 1.807) is 12.1 Å². The second-order valence-corrected chi connectivity index (χ2v) is 18.3. The maximum atomic E-state index is 13.2. The number of hydrogen-bond acceptors (Lipinski definition) is 3. The number of carbonyl (C=O) groups excluding carboxylic acids is 1. The van der Waals surface area contributed by atoms with Crippen LogP contribution in [0.2, 0.25) is 0 Å². The van der Waals surface area contributed by atoms with Crippen LogP contribution < -0.4 is 5.32 Å². The number of carboxylic acids is 1. The number of allylic oxidation sites excluding steroid dienone is 3. The number of piperidine rings is 1. The highest BCUT2D eigenvalue weighted by atomic mass is 16.4. The fraction of sp³-hybridized carbons (Fsp3) is 0.727. The normalized spacial score (nSPS) is 37.6. The summed E-state index contributed by atoms with van der Waals surface area (Å²) in [6.07, 6.45) is 19.0. The average Bonchev–Trinajstić information content (AvgIpc) is 3.43. The third-order valence-corrected chi connectivity index (χ3v) is 15.5. The first-order valence-corrected chi connectivity index (χ1v) is 20.0. The molecule has 1 heterocycles. The Balaban J connectivity index is 1.24. The number of rotatable bonds is 7. The number of nitrogens with one attached hydrogen (secondary N) is 1. The van der Waals surface area contributed by atoms with Crippen LogP contribution in [-0.2, 0) is 4.79 Å². The molecule has 1 aromatic rings. The van der Waals surface area contributed by atoms with E-state index in [9.17, 15) is 14.7 Å². The molecule has 3 saturated carbocycles. The van der Waals surface area contributed by atoms with E-state index < -0.39 is 5.97 Å². The molecule has 4 fully saturated rings. The lowest BCUT2D eigenvalue weighted by Gasteiger charge is -2.64. The van der Waals surface area contributed by atoms with Crippen LogP contribution in [0.1, 0.15) is 147 Å². The van der Waals surface area contributed by atoms with Crippen molar-refractivity contribution in [2.45, 2.75) is 137 Å². The highest BCUT2D eigenvalue weighted by Gasteiger charge is 2.60. The molecule has 0 aromatic heterocycles. The lowest BCUT2D eigenvalue weighted by Crippen LogP contribution is -2.57. The fourth-order valence-electron chi connectivity index (χ4n) is 12.7. The van der Waals surface area contributed by atoms with Crippen LogP contribution in [0.5, 0.6) is 0 Å². The second kappa shape index (κ2) is 14.0. The number of likely N-dealkylation sites (tertiary alicyclic amines) is 1. The van der Waals surface area contributed by atoms with E-state index in [0.717, 1.165) is 38.9 Å².